The van der Waals surface area contributed by atoms with E-state index in [9.17, 15) is 4.79 Å². The highest BCUT2D eigenvalue weighted by molar-refractivity contribution is 6.05. The van der Waals surface area contributed by atoms with E-state index in [-0.39, 0.29) is 5.91 Å². The predicted molar refractivity (Wildman–Crippen MR) is 126 cm³/mol. The fourth-order valence-electron chi connectivity index (χ4n) is 4.50. The van der Waals surface area contributed by atoms with E-state index < -0.39 is 0 Å². The number of hydrogen-bond acceptors (Lipinski definition) is 5. The van der Waals surface area contributed by atoms with Crippen molar-refractivity contribution in [2.45, 2.75) is 32.2 Å². The molecule has 0 spiro atoms. The van der Waals surface area contributed by atoms with Crippen LogP contribution in [-0.2, 0) is 19.4 Å². The average Bonchev–Trinajstić information content (AvgIpc) is 3.36. The van der Waals surface area contributed by atoms with Crippen molar-refractivity contribution in [1.29, 1.82) is 5.41 Å². The van der Waals surface area contributed by atoms with Gasteiger partial charge in [0.2, 0.25) is 0 Å². The van der Waals surface area contributed by atoms with E-state index in [2.05, 4.69) is 15.3 Å². The van der Waals surface area contributed by atoms with Gasteiger partial charge in [0.25, 0.3) is 5.91 Å². The van der Waals surface area contributed by atoms with Gasteiger partial charge in [-0.1, -0.05) is 12.1 Å². The second-order valence-electron chi connectivity index (χ2n) is 8.03. The Kier molecular flexibility index (Phi) is 5.15. The Morgan fingerprint density at radius 1 is 1.12 bits per heavy atom. The summed E-state index contributed by atoms with van der Waals surface area (Å²) in [6.07, 6.45) is 8.86. The number of nitrogens with two attached hydrogens (primary N) is 1. The highest BCUT2D eigenvalue weighted by Gasteiger charge is 2.21. The molecule has 0 saturated carbocycles. The van der Waals surface area contributed by atoms with Crippen molar-refractivity contribution in [2.24, 2.45) is 0 Å². The molecule has 32 heavy (non-hydrogen) atoms. The molecule has 2 aromatic heterocycles. The van der Waals surface area contributed by atoms with Crippen LogP contribution in [0.25, 0.3) is 22.2 Å². The van der Waals surface area contributed by atoms with Crippen LogP contribution >= 0.6 is 0 Å². The topological polar surface area (TPSA) is 121 Å². The van der Waals surface area contributed by atoms with E-state index in [0.717, 1.165) is 53.4 Å². The lowest BCUT2D eigenvalue weighted by atomic mass is 9.85. The lowest BCUT2D eigenvalue weighted by molar-refractivity contribution is 0.0950. The molecule has 7 nitrogen and oxygen atoms in total. The Morgan fingerprint density at radius 2 is 1.91 bits per heavy atom. The van der Waals surface area contributed by atoms with E-state index in [4.69, 9.17) is 16.1 Å². The first-order valence-electron chi connectivity index (χ1n) is 10.8. The number of nitrogens with zero attached hydrogens (tertiary/aromatic N) is 2. The number of hydrogen-bond donors (Lipinski definition) is 4. The standard InChI is InChI=1S/C25H24N6O/c26-13-19-20(27)9-10-21-23(19)17-3-1-2-4-18(17)24(31-21)15-5-7-16(8-6-15)25(32)30-14-22-28-11-12-29-22/h5-13,26H,1-4,14,27H2,(H,28,29)(H,30,32). The van der Waals surface area contributed by atoms with Crippen LogP contribution in [0, 0.1) is 5.41 Å². The zero-order valence-electron chi connectivity index (χ0n) is 17.6. The first-order chi connectivity index (χ1) is 15.7. The summed E-state index contributed by atoms with van der Waals surface area (Å²) in [5.74, 6) is 0.569. The van der Waals surface area contributed by atoms with E-state index in [1.807, 2.05) is 36.4 Å². The number of imidazole rings is 1. The molecule has 1 aliphatic carbocycles. The number of pyridine rings is 1. The SMILES string of the molecule is N=Cc1c(N)ccc2nc(-c3ccc(C(=O)NCc4ncc[nH]4)cc3)c3c(c12)CCCC3. The van der Waals surface area contributed by atoms with Crippen LogP contribution in [0.15, 0.2) is 48.8 Å². The van der Waals surface area contributed by atoms with Gasteiger partial charge in [-0.25, -0.2) is 9.97 Å². The van der Waals surface area contributed by atoms with Crippen molar-refractivity contribution in [1.82, 2.24) is 20.3 Å². The number of aryl methyl sites for hydroxylation is 1. The molecule has 5 N–H and O–H groups in total. The molecule has 2 aromatic carbocycles. The maximum absolute atomic E-state index is 12.5. The van der Waals surface area contributed by atoms with Crippen LogP contribution < -0.4 is 11.1 Å². The highest BCUT2D eigenvalue weighted by Crippen LogP contribution is 2.37. The zero-order chi connectivity index (χ0) is 22.1. The summed E-state index contributed by atoms with van der Waals surface area (Å²) in [5, 5.41) is 11.7. The number of aromatic nitrogens is 3. The van der Waals surface area contributed by atoms with Crippen molar-refractivity contribution in [3.8, 4) is 11.3 Å². The summed E-state index contributed by atoms with van der Waals surface area (Å²) in [6.45, 7) is 0.353. The van der Waals surface area contributed by atoms with Crippen molar-refractivity contribution < 1.29 is 4.79 Å². The number of fused-ring (bicyclic) bond motifs is 3. The van der Waals surface area contributed by atoms with Gasteiger partial charge in [0, 0.05) is 46.4 Å². The van der Waals surface area contributed by atoms with Crippen molar-refractivity contribution in [2.75, 3.05) is 5.73 Å². The largest absolute Gasteiger partial charge is 0.398 e. The summed E-state index contributed by atoms with van der Waals surface area (Å²) in [5.41, 5.74) is 13.4. The Hall–Kier alpha value is -4.00. The van der Waals surface area contributed by atoms with Crippen LogP contribution in [0.5, 0.6) is 0 Å². The molecule has 1 amide bonds. The fraction of sp³-hybridized carbons (Fsp3) is 0.200. The monoisotopic (exact) mass is 424 g/mol. The second-order valence-corrected chi connectivity index (χ2v) is 8.03. The van der Waals surface area contributed by atoms with Crippen LogP contribution in [-0.4, -0.2) is 27.1 Å². The smallest absolute Gasteiger partial charge is 0.251 e. The normalized spacial score (nSPS) is 13.0. The molecule has 7 heteroatoms. The minimum absolute atomic E-state index is 0.146. The molecule has 0 radical (unpaired) electrons. The maximum Gasteiger partial charge on any atom is 0.251 e. The lowest BCUT2D eigenvalue weighted by Crippen LogP contribution is -2.23. The van der Waals surface area contributed by atoms with Crippen LogP contribution in [0.2, 0.25) is 0 Å². The number of nitrogens with one attached hydrogen (secondary N) is 3. The van der Waals surface area contributed by atoms with Crippen LogP contribution in [0.3, 0.4) is 0 Å². The molecule has 0 saturated heterocycles. The molecule has 4 aromatic rings. The third kappa shape index (κ3) is 3.51. The van der Waals surface area contributed by atoms with Crippen LogP contribution in [0.4, 0.5) is 5.69 Å². The van der Waals surface area contributed by atoms with E-state index in [0.29, 0.717) is 23.6 Å². The number of rotatable bonds is 5. The number of anilines is 1. The number of carbonyl (C=O) groups excluding carboxylic acids is 1. The Bertz CT molecular complexity index is 1310. The van der Waals surface area contributed by atoms with E-state index >= 15 is 0 Å². The van der Waals surface area contributed by atoms with Gasteiger partial charge in [-0.05, 0) is 61.1 Å². The summed E-state index contributed by atoms with van der Waals surface area (Å²) in [6, 6.07) is 11.3. The molecule has 2 heterocycles. The van der Waals surface area contributed by atoms with Gasteiger partial charge in [-0.2, -0.15) is 0 Å². The number of benzene rings is 2. The molecule has 1 aliphatic rings. The molecule has 0 atom stereocenters. The van der Waals surface area contributed by atoms with E-state index in [1.54, 1.807) is 12.4 Å². The fourth-order valence-corrected chi connectivity index (χ4v) is 4.50. The molecule has 160 valence electrons. The first-order valence-corrected chi connectivity index (χ1v) is 10.8. The van der Waals surface area contributed by atoms with E-state index in [1.165, 1.54) is 17.3 Å². The molecular formula is C25H24N6O. The van der Waals surface area contributed by atoms with Gasteiger partial charge in [-0.15, -0.1) is 0 Å². The quantitative estimate of drug-likeness (QED) is 0.286. The molecule has 5 rings (SSSR count). The van der Waals surface area contributed by atoms with Gasteiger partial charge in [-0.3, -0.25) is 4.79 Å². The molecular weight excluding hydrogens is 400 g/mol. The summed E-state index contributed by atoms with van der Waals surface area (Å²) in [7, 11) is 0. The van der Waals surface area contributed by atoms with Gasteiger partial charge >= 0.3 is 0 Å². The van der Waals surface area contributed by atoms with Gasteiger partial charge in [0.15, 0.2) is 0 Å². The maximum atomic E-state index is 12.5. The first kappa shape index (κ1) is 19.9. The average molecular weight is 425 g/mol. The third-order valence-corrected chi connectivity index (χ3v) is 6.08. The molecule has 0 unspecified atom stereocenters. The number of aromatic amines is 1. The zero-order valence-corrected chi connectivity index (χ0v) is 17.6. The Balaban J connectivity index is 1.51. The summed E-state index contributed by atoms with van der Waals surface area (Å²) < 4.78 is 0. The lowest BCUT2D eigenvalue weighted by Gasteiger charge is -2.23. The molecule has 0 fully saturated rings. The minimum Gasteiger partial charge on any atom is -0.398 e. The van der Waals surface area contributed by atoms with Gasteiger partial charge < -0.3 is 21.4 Å². The molecule has 0 aliphatic heterocycles. The minimum atomic E-state index is -0.146. The Morgan fingerprint density at radius 3 is 2.62 bits per heavy atom. The second kappa shape index (κ2) is 8.26. The molecule has 0 bridgehead atoms. The predicted octanol–water partition coefficient (Wildman–Crippen LogP) is 4.01. The van der Waals surface area contributed by atoms with Crippen molar-refractivity contribution in [3.63, 3.8) is 0 Å². The highest BCUT2D eigenvalue weighted by atomic mass is 16.1. The number of nitrogen functional groups attached to an aromatic ring is 1. The van der Waals surface area contributed by atoms with Gasteiger partial charge in [0.05, 0.1) is 17.8 Å². The number of carbonyl (C=O) groups is 1. The Labute approximate surface area is 185 Å². The third-order valence-electron chi connectivity index (χ3n) is 6.08. The van der Waals surface area contributed by atoms with Crippen LogP contribution in [0.1, 0.15) is 45.7 Å². The number of amides is 1. The van der Waals surface area contributed by atoms with Crippen molar-refractivity contribution >= 4 is 28.7 Å². The summed E-state index contributed by atoms with van der Waals surface area (Å²) in [4.78, 5) is 24.6. The van der Waals surface area contributed by atoms with Crippen molar-refractivity contribution in [3.05, 3.63) is 76.9 Å². The van der Waals surface area contributed by atoms with Gasteiger partial charge in [0.1, 0.15) is 5.82 Å². The summed E-state index contributed by atoms with van der Waals surface area (Å²) >= 11 is 0. The number of H-pyrrole nitrogens is 1.